The topological polar surface area (TPSA) is 23.5 Å². The van der Waals surface area contributed by atoms with E-state index in [1.54, 1.807) is 0 Å². The molecule has 1 aromatic carbocycles. The summed E-state index contributed by atoms with van der Waals surface area (Å²) < 4.78 is 0. The predicted octanol–water partition coefficient (Wildman–Crippen LogP) is 2.91. The third kappa shape index (κ3) is 2.47. The van der Waals surface area contributed by atoms with E-state index in [0.717, 1.165) is 19.4 Å². The number of anilines is 1. The molecule has 1 saturated heterocycles. The molecule has 94 valence electrons. The molecule has 2 rings (SSSR count). The molecule has 17 heavy (non-hydrogen) atoms. The highest BCUT2D eigenvalue weighted by molar-refractivity contribution is 5.60. The first kappa shape index (κ1) is 12.4. The molecule has 0 aromatic heterocycles. The first-order chi connectivity index (χ1) is 8.27. The number of aryl methyl sites for hydroxylation is 2. The van der Waals surface area contributed by atoms with Crippen LogP contribution in [-0.2, 0) is 6.42 Å². The average molecular weight is 233 g/mol. The third-order valence-corrected chi connectivity index (χ3v) is 3.83. The number of aliphatic hydroxyl groups excluding tert-OH is 1. The normalized spacial score (nSPS) is 20.6. The van der Waals surface area contributed by atoms with Gasteiger partial charge in [-0.05, 0) is 43.7 Å². The minimum Gasteiger partial charge on any atom is -0.394 e. The third-order valence-electron chi connectivity index (χ3n) is 3.83. The number of para-hydroxylation sites is 1. The van der Waals surface area contributed by atoms with Gasteiger partial charge in [0.05, 0.1) is 12.6 Å². The Balaban J connectivity index is 2.36. The van der Waals surface area contributed by atoms with Crippen LogP contribution in [0, 0.1) is 6.92 Å². The van der Waals surface area contributed by atoms with E-state index in [4.69, 9.17) is 0 Å². The standard InChI is InChI=1S/C15H23NO/c1-3-13-8-6-7-12(2)15(13)16-10-5-4-9-14(16)11-17/h6-8,14,17H,3-5,9-11H2,1-2H3. The van der Waals surface area contributed by atoms with Gasteiger partial charge in [-0.1, -0.05) is 25.1 Å². The molecule has 1 aromatic rings. The Morgan fingerprint density at radius 3 is 2.88 bits per heavy atom. The number of piperidine rings is 1. The van der Waals surface area contributed by atoms with Crippen LogP contribution in [0.4, 0.5) is 5.69 Å². The molecule has 2 heteroatoms. The minimum atomic E-state index is 0.275. The zero-order valence-corrected chi connectivity index (χ0v) is 10.9. The van der Waals surface area contributed by atoms with E-state index < -0.39 is 0 Å². The summed E-state index contributed by atoms with van der Waals surface area (Å²) in [7, 11) is 0. The maximum absolute atomic E-state index is 9.54. The molecule has 0 spiro atoms. The van der Waals surface area contributed by atoms with Gasteiger partial charge in [0, 0.05) is 12.2 Å². The van der Waals surface area contributed by atoms with Crippen LogP contribution >= 0.6 is 0 Å². The molecule has 1 N–H and O–H groups in total. The van der Waals surface area contributed by atoms with Gasteiger partial charge in [0.1, 0.15) is 0 Å². The second kappa shape index (κ2) is 5.54. The van der Waals surface area contributed by atoms with Gasteiger partial charge >= 0.3 is 0 Å². The highest BCUT2D eigenvalue weighted by Crippen LogP contribution is 2.31. The molecule has 0 bridgehead atoms. The number of benzene rings is 1. The van der Waals surface area contributed by atoms with Crippen LogP contribution in [0.25, 0.3) is 0 Å². The van der Waals surface area contributed by atoms with Gasteiger partial charge < -0.3 is 10.0 Å². The van der Waals surface area contributed by atoms with Crippen LogP contribution in [0.1, 0.15) is 37.3 Å². The Hall–Kier alpha value is -1.02. The fourth-order valence-corrected chi connectivity index (χ4v) is 2.90. The van der Waals surface area contributed by atoms with Crippen molar-refractivity contribution in [2.75, 3.05) is 18.1 Å². The van der Waals surface area contributed by atoms with E-state index in [0.29, 0.717) is 6.04 Å². The zero-order chi connectivity index (χ0) is 12.3. The van der Waals surface area contributed by atoms with Crippen LogP contribution in [0.2, 0.25) is 0 Å². The van der Waals surface area contributed by atoms with Crippen LogP contribution in [-0.4, -0.2) is 24.3 Å². The Bertz CT molecular complexity index is 375. The number of nitrogens with zero attached hydrogens (tertiary/aromatic N) is 1. The Morgan fingerprint density at radius 1 is 1.35 bits per heavy atom. The summed E-state index contributed by atoms with van der Waals surface area (Å²) in [6.45, 7) is 5.74. The van der Waals surface area contributed by atoms with E-state index in [-0.39, 0.29) is 6.61 Å². The molecule has 1 heterocycles. The predicted molar refractivity (Wildman–Crippen MR) is 72.6 cm³/mol. The smallest absolute Gasteiger partial charge is 0.0635 e. The van der Waals surface area contributed by atoms with Crippen LogP contribution in [0.15, 0.2) is 18.2 Å². The maximum atomic E-state index is 9.54. The van der Waals surface area contributed by atoms with Crippen molar-refractivity contribution in [2.45, 2.75) is 45.6 Å². The second-order valence-corrected chi connectivity index (χ2v) is 4.96. The lowest BCUT2D eigenvalue weighted by Gasteiger charge is -2.38. The largest absolute Gasteiger partial charge is 0.394 e. The average Bonchev–Trinajstić information content (AvgIpc) is 2.38. The van der Waals surface area contributed by atoms with Crippen molar-refractivity contribution in [3.63, 3.8) is 0 Å². The van der Waals surface area contributed by atoms with Crippen molar-refractivity contribution in [1.29, 1.82) is 0 Å². The molecule has 1 unspecified atom stereocenters. The summed E-state index contributed by atoms with van der Waals surface area (Å²) in [5.41, 5.74) is 4.11. The highest BCUT2D eigenvalue weighted by Gasteiger charge is 2.24. The first-order valence-corrected chi connectivity index (χ1v) is 6.74. The van der Waals surface area contributed by atoms with Crippen LogP contribution in [0.5, 0.6) is 0 Å². The van der Waals surface area contributed by atoms with Gasteiger partial charge in [0.2, 0.25) is 0 Å². The zero-order valence-electron chi connectivity index (χ0n) is 10.9. The molecular formula is C15H23NO. The quantitative estimate of drug-likeness (QED) is 0.867. The molecule has 1 fully saturated rings. The number of aliphatic hydroxyl groups is 1. The van der Waals surface area contributed by atoms with Gasteiger partial charge in [0.25, 0.3) is 0 Å². The van der Waals surface area contributed by atoms with Gasteiger partial charge in [-0.2, -0.15) is 0 Å². The lowest BCUT2D eigenvalue weighted by molar-refractivity contribution is 0.240. The summed E-state index contributed by atoms with van der Waals surface area (Å²) >= 11 is 0. The Kier molecular flexibility index (Phi) is 4.06. The summed E-state index contributed by atoms with van der Waals surface area (Å²) in [4.78, 5) is 2.43. The van der Waals surface area contributed by atoms with Crippen molar-refractivity contribution in [2.24, 2.45) is 0 Å². The Labute approximate surface area is 104 Å². The summed E-state index contributed by atoms with van der Waals surface area (Å²) in [6, 6.07) is 6.84. The van der Waals surface area contributed by atoms with Gasteiger partial charge in [0.15, 0.2) is 0 Å². The van der Waals surface area contributed by atoms with Crippen LogP contribution in [0.3, 0.4) is 0 Å². The first-order valence-electron chi connectivity index (χ1n) is 6.74. The van der Waals surface area contributed by atoms with Gasteiger partial charge in [-0.15, -0.1) is 0 Å². The summed E-state index contributed by atoms with van der Waals surface area (Å²) in [5.74, 6) is 0. The van der Waals surface area contributed by atoms with E-state index in [2.05, 4.69) is 36.9 Å². The molecular weight excluding hydrogens is 210 g/mol. The fourth-order valence-electron chi connectivity index (χ4n) is 2.90. The van der Waals surface area contributed by atoms with E-state index in [1.807, 2.05) is 0 Å². The summed E-state index contributed by atoms with van der Waals surface area (Å²) in [6.07, 6.45) is 4.67. The minimum absolute atomic E-state index is 0.275. The highest BCUT2D eigenvalue weighted by atomic mass is 16.3. The number of hydrogen-bond acceptors (Lipinski definition) is 2. The van der Waals surface area contributed by atoms with E-state index in [9.17, 15) is 5.11 Å². The van der Waals surface area contributed by atoms with Crippen molar-refractivity contribution in [1.82, 2.24) is 0 Å². The van der Waals surface area contributed by atoms with E-state index in [1.165, 1.54) is 29.7 Å². The maximum Gasteiger partial charge on any atom is 0.0635 e. The van der Waals surface area contributed by atoms with Crippen molar-refractivity contribution < 1.29 is 5.11 Å². The molecule has 1 atom stereocenters. The fraction of sp³-hybridized carbons (Fsp3) is 0.600. The molecule has 2 nitrogen and oxygen atoms in total. The van der Waals surface area contributed by atoms with E-state index >= 15 is 0 Å². The monoisotopic (exact) mass is 233 g/mol. The van der Waals surface area contributed by atoms with Crippen molar-refractivity contribution in [3.8, 4) is 0 Å². The lowest BCUT2D eigenvalue weighted by Crippen LogP contribution is -2.42. The number of rotatable bonds is 3. The molecule has 1 aliphatic rings. The SMILES string of the molecule is CCc1cccc(C)c1N1CCCCC1CO. The molecule has 1 aliphatic heterocycles. The van der Waals surface area contributed by atoms with Gasteiger partial charge in [-0.25, -0.2) is 0 Å². The Morgan fingerprint density at radius 2 is 2.18 bits per heavy atom. The molecule has 0 radical (unpaired) electrons. The van der Waals surface area contributed by atoms with Crippen molar-refractivity contribution in [3.05, 3.63) is 29.3 Å². The summed E-state index contributed by atoms with van der Waals surface area (Å²) in [5, 5.41) is 9.54. The van der Waals surface area contributed by atoms with Crippen molar-refractivity contribution >= 4 is 5.69 Å². The molecule has 0 amide bonds. The number of hydrogen-bond donors (Lipinski definition) is 1. The van der Waals surface area contributed by atoms with Crippen LogP contribution < -0.4 is 4.90 Å². The second-order valence-electron chi connectivity index (χ2n) is 4.96. The molecule has 0 saturated carbocycles. The lowest BCUT2D eigenvalue weighted by atomic mass is 9.97. The molecule has 0 aliphatic carbocycles. The van der Waals surface area contributed by atoms with Gasteiger partial charge in [-0.3, -0.25) is 0 Å².